The predicted octanol–water partition coefficient (Wildman–Crippen LogP) is 3.42. The lowest BCUT2D eigenvalue weighted by Crippen LogP contribution is -2.31. The van der Waals surface area contributed by atoms with Crippen molar-refractivity contribution in [2.45, 2.75) is 25.8 Å². The molecule has 4 rings (SSSR count). The van der Waals surface area contributed by atoms with Gasteiger partial charge in [-0.25, -0.2) is 0 Å². The summed E-state index contributed by atoms with van der Waals surface area (Å²) in [6, 6.07) is 13.1. The number of pyridine rings is 1. The second-order valence-electron chi connectivity index (χ2n) is 6.20. The molecule has 1 amide bonds. The molecule has 0 N–H and O–H groups in total. The highest BCUT2D eigenvalue weighted by atomic mass is 16.5. The summed E-state index contributed by atoms with van der Waals surface area (Å²) < 4.78 is 5.48. The van der Waals surface area contributed by atoms with Gasteiger partial charge in [-0.2, -0.15) is 4.98 Å². The molecule has 1 fully saturated rings. The Morgan fingerprint density at radius 3 is 2.96 bits per heavy atom. The van der Waals surface area contributed by atoms with Crippen LogP contribution in [0.5, 0.6) is 0 Å². The van der Waals surface area contributed by atoms with Crippen molar-refractivity contribution in [2.24, 2.45) is 0 Å². The maximum Gasteiger partial charge on any atom is 0.273 e. The van der Waals surface area contributed by atoms with E-state index in [1.807, 2.05) is 37.3 Å². The van der Waals surface area contributed by atoms with Gasteiger partial charge in [0.2, 0.25) is 11.7 Å². The van der Waals surface area contributed by atoms with Gasteiger partial charge in [0.25, 0.3) is 5.91 Å². The van der Waals surface area contributed by atoms with Gasteiger partial charge in [0, 0.05) is 18.3 Å². The maximum atomic E-state index is 12.7. The molecule has 6 heteroatoms. The zero-order valence-corrected chi connectivity index (χ0v) is 13.9. The first-order valence-electron chi connectivity index (χ1n) is 8.35. The second kappa shape index (κ2) is 6.47. The zero-order chi connectivity index (χ0) is 17.2. The number of nitrogens with zero attached hydrogens (tertiary/aromatic N) is 4. The van der Waals surface area contributed by atoms with E-state index in [1.54, 1.807) is 23.2 Å². The van der Waals surface area contributed by atoms with Gasteiger partial charge in [0.05, 0.1) is 0 Å². The molecule has 3 heterocycles. The molecule has 25 heavy (non-hydrogen) atoms. The summed E-state index contributed by atoms with van der Waals surface area (Å²) in [5.74, 6) is 0.938. The molecule has 0 saturated carbocycles. The Morgan fingerprint density at radius 2 is 2.16 bits per heavy atom. The van der Waals surface area contributed by atoms with Crippen molar-refractivity contribution < 1.29 is 9.32 Å². The van der Waals surface area contributed by atoms with Gasteiger partial charge in [-0.15, -0.1) is 0 Å². The van der Waals surface area contributed by atoms with Gasteiger partial charge < -0.3 is 9.42 Å². The molecule has 1 aliphatic rings. The van der Waals surface area contributed by atoms with E-state index in [0.29, 0.717) is 24.0 Å². The minimum atomic E-state index is -0.194. The van der Waals surface area contributed by atoms with E-state index in [1.165, 1.54) is 0 Å². The number of amides is 1. The summed E-state index contributed by atoms with van der Waals surface area (Å²) in [5.41, 5.74) is 2.49. The van der Waals surface area contributed by atoms with Crippen LogP contribution in [0.25, 0.3) is 11.4 Å². The van der Waals surface area contributed by atoms with Crippen molar-refractivity contribution in [1.82, 2.24) is 20.0 Å². The normalized spacial score (nSPS) is 17.0. The van der Waals surface area contributed by atoms with Crippen molar-refractivity contribution in [1.29, 1.82) is 0 Å². The van der Waals surface area contributed by atoms with Crippen LogP contribution in [0.3, 0.4) is 0 Å². The molecule has 1 aliphatic heterocycles. The van der Waals surface area contributed by atoms with Crippen LogP contribution in [0.2, 0.25) is 0 Å². The lowest BCUT2D eigenvalue weighted by atomic mass is 10.1. The van der Waals surface area contributed by atoms with Crippen molar-refractivity contribution >= 4 is 5.91 Å². The topological polar surface area (TPSA) is 72.1 Å². The van der Waals surface area contributed by atoms with Gasteiger partial charge in [-0.05, 0) is 38.0 Å². The van der Waals surface area contributed by atoms with E-state index in [-0.39, 0.29) is 11.9 Å². The first kappa shape index (κ1) is 15.5. The van der Waals surface area contributed by atoms with Gasteiger partial charge in [-0.3, -0.25) is 9.78 Å². The lowest BCUT2D eigenvalue weighted by molar-refractivity contribution is 0.0704. The zero-order valence-electron chi connectivity index (χ0n) is 13.9. The van der Waals surface area contributed by atoms with E-state index >= 15 is 0 Å². The number of rotatable bonds is 3. The van der Waals surface area contributed by atoms with E-state index in [4.69, 9.17) is 4.52 Å². The van der Waals surface area contributed by atoms with Crippen LogP contribution in [0, 0.1) is 6.92 Å². The summed E-state index contributed by atoms with van der Waals surface area (Å²) in [6.45, 7) is 2.69. The fourth-order valence-electron chi connectivity index (χ4n) is 3.17. The molecule has 1 aromatic carbocycles. The van der Waals surface area contributed by atoms with Crippen LogP contribution in [0.4, 0.5) is 0 Å². The van der Waals surface area contributed by atoms with Gasteiger partial charge in [0.15, 0.2) is 0 Å². The Balaban J connectivity index is 1.60. The molecular weight excluding hydrogens is 316 g/mol. The Labute approximate surface area is 145 Å². The third kappa shape index (κ3) is 3.03. The quantitative estimate of drug-likeness (QED) is 0.734. The number of carbonyl (C=O) groups is 1. The number of likely N-dealkylation sites (tertiary alicyclic amines) is 1. The fourth-order valence-corrected chi connectivity index (χ4v) is 3.17. The molecule has 1 saturated heterocycles. The van der Waals surface area contributed by atoms with Gasteiger partial charge >= 0.3 is 0 Å². The third-order valence-electron chi connectivity index (χ3n) is 4.40. The minimum Gasteiger partial charge on any atom is -0.337 e. The number of hydrogen-bond acceptors (Lipinski definition) is 5. The van der Waals surface area contributed by atoms with E-state index < -0.39 is 0 Å². The average molecular weight is 334 g/mol. The number of aromatic nitrogens is 3. The molecule has 0 bridgehead atoms. The fraction of sp³-hybridized carbons (Fsp3) is 0.263. The van der Waals surface area contributed by atoms with Crippen LogP contribution >= 0.6 is 0 Å². The summed E-state index contributed by atoms with van der Waals surface area (Å²) in [5, 5.41) is 4.10. The third-order valence-corrected chi connectivity index (χ3v) is 4.40. The predicted molar refractivity (Wildman–Crippen MR) is 91.7 cm³/mol. The Kier molecular flexibility index (Phi) is 4.01. The van der Waals surface area contributed by atoms with E-state index in [2.05, 4.69) is 15.1 Å². The van der Waals surface area contributed by atoms with Crippen LogP contribution in [0.15, 0.2) is 53.2 Å². The molecule has 3 aromatic rings. The molecule has 0 spiro atoms. The molecule has 6 nitrogen and oxygen atoms in total. The van der Waals surface area contributed by atoms with Crippen LogP contribution < -0.4 is 0 Å². The van der Waals surface area contributed by atoms with Crippen molar-refractivity contribution in [3.8, 4) is 11.4 Å². The standard InChI is InChI=1S/C19H18N4O2/c1-13-6-4-7-14(12-13)17-21-18(25-22-17)16-9-5-11-23(16)19(24)15-8-2-3-10-20-15/h2-4,6-8,10,12,16H,5,9,11H2,1H3. The van der Waals surface area contributed by atoms with Crippen molar-refractivity contribution in [2.75, 3.05) is 6.54 Å². The lowest BCUT2D eigenvalue weighted by Gasteiger charge is -2.21. The van der Waals surface area contributed by atoms with Crippen molar-refractivity contribution in [3.63, 3.8) is 0 Å². The van der Waals surface area contributed by atoms with Crippen LogP contribution in [-0.2, 0) is 0 Å². The summed E-state index contributed by atoms with van der Waals surface area (Å²) >= 11 is 0. The van der Waals surface area contributed by atoms with Gasteiger partial charge in [0.1, 0.15) is 11.7 Å². The van der Waals surface area contributed by atoms with E-state index in [9.17, 15) is 4.79 Å². The number of carbonyl (C=O) groups excluding carboxylic acids is 1. The number of benzene rings is 1. The highest BCUT2D eigenvalue weighted by Crippen LogP contribution is 2.33. The second-order valence-corrected chi connectivity index (χ2v) is 6.20. The van der Waals surface area contributed by atoms with E-state index in [0.717, 1.165) is 24.0 Å². The number of hydrogen-bond donors (Lipinski definition) is 0. The highest BCUT2D eigenvalue weighted by Gasteiger charge is 2.35. The Bertz CT molecular complexity index is 891. The highest BCUT2D eigenvalue weighted by molar-refractivity contribution is 5.92. The summed E-state index contributed by atoms with van der Waals surface area (Å²) in [6.07, 6.45) is 3.35. The average Bonchev–Trinajstić information content (AvgIpc) is 3.31. The SMILES string of the molecule is Cc1cccc(-c2noc(C3CCCN3C(=O)c3ccccn3)n2)c1. The Hall–Kier alpha value is -3.02. The Morgan fingerprint density at radius 1 is 1.24 bits per heavy atom. The van der Waals surface area contributed by atoms with Gasteiger partial charge in [-0.1, -0.05) is 35.0 Å². The largest absolute Gasteiger partial charge is 0.337 e. The first-order valence-corrected chi connectivity index (χ1v) is 8.35. The molecule has 1 unspecified atom stereocenters. The molecular formula is C19H18N4O2. The first-order chi connectivity index (χ1) is 12.2. The monoisotopic (exact) mass is 334 g/mol. The summed E-state index contributed by atoms with van der Waals surface area (Å²) in [4.78, 5) is 23.2. The molecule has 2 aromatic heterocycles. The molecule has 126 valence electrons. The van der Waals surface area contributed by atoms with Crippen molar-refractivity contribution in [3.05, 3.63) is 65.8 Å². The van der Waals surface area contributed by atoms with Crippen LogP contribution in [-0.4, -0.2) is 32.5 Å². The number of aryl methyl sites for hydroxylation is 1. The minimum absolute atomic E-state index is 0.0987. The molecule has 0 aliphatic carbocycles. The maximum absolute atomic E-state index is 12.7. The van der Waals surface area contributed by atoms with Crippen LogP contribution in [0.1, 0.15) is 40.8 Å². The summed E-state index contributed by atoms with van der Waals surface area (Å²) in [7, 11) is 0. The smallest absolute Gasteiger partial charge is 0.273 e. The molecule has 1 atom stereocenters. The molecule has 0 radical (unpaired) electrons.